The summed E-state index contributed by atoms with van der Waals surface area (Å²) in [6.07, 6.45) is -4.26. The Morgan fingerprint density at radius 2 is 1.87 bits per heavy atom. The maximum absolute atomic E-state index is 12.0. The minimum absolute atomic E-state index is 0.164. The summed E-state index contributed by atoms with van der Waals surface area (Å²) in [7, 11) is 0. The summed E-state index contributed by atoms with van der Waals surface area (Å²) in [6, 6.07) is 0. The summed E-state index contributed by atoms with van der Waals surface area (Å²) < 4.78 is 36.3. The van der Waals surface area contributed by atoms with Crippen molar-refractivity contribution in [2.75, 3.05) is 11.9 Å². The highest BCUT2D eigenvalue weighted by Crippen LogP contribution is 2.24. The average molecular weight is 284 g/mol. The first kappa shape index (κ1) is 12.2. The normalized spacial score (nSPS) is 11.6. The molecule has 0 saturated carbocycles. The minimum atomic E-state index is -4.26. The van der Waals surface area contributed by atoms with Crippen LogP contribution in [0, 0.1) is 13.8 Å². The van der Waals surface area contributed by atoms with Gasteiger partial charge in [0.15, 0.2) is 0 Å². The second-order valence-electron chi connectivity index (χ2n) is 2.99. The van der Waals surface area contributed by atoms with Crippen LogP contribution in [0.5, 0.6) is 0 Å². The van der Waals surface area contributed by atoms with Crippen molar-refractivity contribution in [2.45, 2.75) is 20.0 Å². The van der Waals surface area contributed by atoms with E-state index in [1.165, 1.54) is 0 Å². The lowest BCUT2D eigenvalue weighted by molar-refractivity contribution is -0.115. The summed E-state index contributed by atoms with van der Waals surface area (Å²) in [5.74, 6) is 0.595. The Morgan fingerprint density at radius 3 is 2.40 bits per heavy atom. The first-order valence-corrected chi connectivity index (χ1v) is 4.90. The molecule has 0 unspecified atom stereocenters. The standard InChI is InChI=1S/C8H9BrF3N3/c1-4-6(9)7(15-5(2)14-4)13-3-8(10,11)12/h3H2,1-2H3,(H,13,14,15). The second-order valence-corrected chi connectivity index (χ2v) is 3.78. The number of aryl methyl sites for hydroxylation is 2. The highest BCUT2D eigenvalue weighted by atomic mass is 79.9. The molecule has 0 aliphatic carbocycles. The molecule has 0 radical (unpaired) electrons. The van der Waals surface area contributed by atoms with E-state index < -0.39 is 12.7 Å². The summed E-state index contributed by atoms with van der Waals surface area (Å²) in [5.41, 5.74) is 0.604. The number of rotatable bonds is 2. The number of anilines is 1. The molecule has 15 heavy (non-hydrogen) atoms. The number of nitrogens with zero attached hydrogens (tertiary/aromatic N) is 2. The Labute approximate surface area is 93.2 Å². The molecule has 0 aliphatic heterocycles. The van der Waals surface area contributed by atoms with Gasteiger partial charge in [-0.15, -0.1) is 0 Å². The van der Waals surface area contributed by atoms with Crippen LogP contribution < -0.4 is 5.32 Å². The van der Waals surface area contributed by atoms with E-state index in [2.05, 4.69) is 31.2 Å². The largest absolute Gasteiger partial charge is 0.405 e. The average Bonchev–Trinajstić information content (AvgIpc) is 2.07. The molecule has 0 fully saturated rings. The van der Waals surface area contributed by atoms with Gasteiger partial charge in [-0.2, -0.15) is 13.2 Å². The van der Waals surface area contributed by atoms with Crippen LogP contribution in [0.1, 0.15) is 11.5 Å². The molecule has 3 nitrogen and oxygen atoms in total. The molecule has 1 aromatic heterocycles. The van der Waals surface area contributed by atoms with Gasteiger partial charge in [0.2, 0.25) is 0 Å². The topological polar surface area (TPSA) is 37.8 Å². The summed E-state index contributed by atoms with van der Waals surface area (Å²) in [5, 5.41) is 2.21. The van der Waals surface area contributed by atoms with Crippen molar-refractivity contribution >= 4 is 21.7 Å². The Balaban J connectivity index is 2.86. The maximum atomic E-state index is 12.0. The molecule has 0 amide bonds. The highest BCUT2D eigenvalue weighted by molar-refractivity contribution is 9.10. The quantitative estimate of drug-likeness (QED) is 0.907. The number of alkyl halides is 3. The Morgan fingerprint density at radius 1 is 1.27 bits per heavy atom. The van der Waals surface area contributed by atoms with Gasteiger partial charge >= 0.3 is 6.18 Å². The Hall–Kier alpha value is -0.850. The minimum Gasteiger partial charge on any atom is -0.360 e. The van der Waals surface area contributed by atoms with E-state index in [4.69, 9.17) is 0 Å². The van der Waals surface area contributed by atoms with Gasteiger partial charge in [0.1, 0.15) is 18.2 Å². The van der Waals surface area contributed by atoms with Crippen molar-refractivity contribution in [1.82, 2.24) is 9.97 Å². The number of hydrogen-bond acceptors (Lipinski definition) is 3. The van der Waals surface area contributed by atoms with Crippen molar-refractivity contribution in [3.8, 4) is 0 Å². The first-order valence-electron chi connectivity index (χ1n) is 4.11. The maximum Gasteiger partial charge on any atom is 0.405 e. The number of nitrogens with one attached hydrogen (secondary N) is 1. The van der Waals surface area contributed by atoms with Crippen LogP contribution in [0.3, 0.4) is 0 Å². The summed E-state index contributed by atoms with van der Waals surface area (Å²) in [6.45, 7) is 2.21. The number of halogens is 4. The smallest absolute Gasteiger partial charge is 0.360 e. The predicted molar refractivity (Wildman–Crippen MR) is 53.8 cm³/mol. The van der Waals surface area contributed by atoms with Crippen molar-refractivity contribution in [3.63, 3.8) is 0 Å². The third kappa shape index (κ3) is 3.65. The third-order valence-electron chi connectivity index (χ3n) is 1.58. The number of aromatic nitrogens is 2. The van der Waals surface area contributed by atoms with Crippen molar-refractivity contribution in [1.29, 1.82) is 0 Å². The first-order chi connectivity index (χ1) is 6.79. The molecule has 0 atom stereocenters. The van der Waals surface area contributed by atoms with Crippen LogP contribution in [0.25, 0.3) is 0 Å². The molecule has 84 valence electrons. The van der Waals surface area contributed by atoms with E-state index in [-0.39, 0.29) is 5.82 Å². The van der Waals surface area contributed by atoms with Crippen molar-refractivity contribution in [2.24, 2.45) is 0 Å². The van der Waals surface area contributed by atoms with Gasteiger partial charge in [-0.3, -0.25) is 0 Å². The molecule has 0 saturated heterocycles. The zero-order valence-electron chi connectivity index (χ0n) is 8.11. The lowest BCUT2D eigenvalue weighted by Gasteiger charge is -2.11. The van der Waals surface area contributed by atoms with Gasteiger partial charge in [-0.25, -0.2) is 9.97 Å². The molecule has 0 bridgehead atoms. The molecule has 1 aromatic rings. The lowest BCUT2D eigenvalue weighted by atomic mass is 10.4. The lowest BCUT2D eigenvalue weighted by Crippen LogP contribution is -2.22. The third-order valence-corrected chi connectivity index (χ3v) is 2.53. The molecule has 1 rings (SSSR count). The van der Waals surface area contributed by atoms with Crippen molar-refractivity contribution in [3.05, 3.63) is 16.0 Å². The van der Waals surface area contributed by atoms with E-state index >= 15 is 0 Å². The highest BCUT2D eigenvalue weighted by Gasteiger charge is 2.27. The van der Waals surface area contributed by atoms with E-state index in [0.717, 1.165) is 0 Å². The monoisotopic (exact) mass is 283 g/mol. The van der Waals surface area contributed by atoms with Crippen molar-refractivity contribution < 1.29 is 13.2 Å². The number of hydrogen-bond donors (Lipinski definition) is 1. The van der Waals surface area contributed by atoms with Gasteiger partial charge in [0, 0.05) is 0 Å². The van der Waals surface area contributed by atoms with Crippen LogP contribution in [0.15, 0.2) is 4.47 Å². The summed E-state index contributed by atoms with van der Waals surface area (Å²) in [4.78, 5) is 7.87. The van der Waals surface area contributed by atoms with Crippen LogP contribution in [0.4, 0.5) is 19.0 Å². The molecular weight excluding hydrogens is 275 g/mol. The molecule has 0 aromatic carbocycles. The molecule has 1 N–H and O–H groups in total. The van der Waals surface area contributed by atoms with Crippen LogP contribution in [-0.2, 0) is 0 Å². The molecule has 1 heterocycles. The van der Waals surface area contributed by atoms with Crippen LogP contribution in [0.2, 0.25) is 0 Å². The van der Waals surface area contributed by atoms with Gasteiger partial charge < -0.3 is 5.32 Å². The van der Waals surface area contributed by atoms with E-state index in [1.54, 1.807) is 13.8 Å². The zero-order chi connectivity index (χ0) is 11.6. The van der Waals surface area contributed by atoms with E-state index in [0.29, 0.717) is 16.0 Å². The Bertz CT molecular complexity index is 365. The van der Waals surface area contributed by atoms with Crippen LogP contribution in [-0.4, -0.2) is 22.7 Å². The van der Waals surface area contributed by atoms with Gasteiger partial charge in [-0.1, -0.05) is 0 Å². The molecular formula is C8H9BrF3N3. The SMILES string of the molecule is Cc1nc(C)c(Br)c(NCC(F)(F)F)n1. The van der Waals surface area contributed by atoms with Gasteiger partial charge in [0.25, 0.3) is 0 Å². The fourth-order valence-corrected chi connectivity index (χ4v) is 1.32. The van der Waals surface area contributed by atoms with Gasteiger partial charge in [-0.05, 0) is 29.8 Å². The predicted octanol–water partition coefficient (Wildman–Crippen LogP) is 2.83. The Kier molecular flexibility index (Phi) is 3.54. The van der Waals surface area contributed by atoms with Crippen LogP contribution >= 0.6 is 15.9 Å². The molecule has 0 aliphatic rings. The second kappa shape index (κ2) is 4.34. The zero-order valence-corrected chi connectivity index (χ0v) is 9.70. The van der Waals surface area contributed by atoms with E-state index in [9.17, 15) is 13.2 Å². The fourth-order valence-electron chi connectivity index (χ4n) is 1.00. The van der Waals surface area contributed by atoms with Gasteiger partial charge in [0.05, 0.1) is 10.2 Å². The summed E-state index contributed by atoms with van der Waals surface area (Å²) >= 11 is 3.13. The molecule has 0 spiro atoms. The van der Waals surface area contributed by atoms with E-state index in [1.807, 2.05) is 0 Å². The molecule has 7 heteroatoms. The fraction of sp³-hybridized carbons (Fsp3) is 0.500.